The lowest BCUT2D eigenvalue weighted by Crippen LogP contribution is -2.08. The number of imidazole rings is 1. The summed E-state index contributed by atoms with van der Waals surface area (Å²) in [5, 5.41) is 9.09. The number of hydrogen-bond donors (Lipinski definition) is 2. The third kappa shape index (κ3) is 1.65. The predicted molar refractivity (Wildman–Crippen MR) is 65.3 cm³/mol. The fourth-order valence-electron chi connectivity index (χ4n) is 1.96. The second-order valence-corrected chi connectivity index (χ2v) is 4.21. The molecule has 0 aliphatic rings. The Morgan fingerprint density at radius 3 is 2.81 bits per heavy atom. The number of aromatic nitrogens is 2. The van der Waals surface area contributed by atoms with Gasteiger partial charge in [0, 0.05) is 12.5 Å². The van der Waals surface area contributed by atoms with E-state index in [-0.39, 0.29) is 6.61 Å². The molecule has 16 heavy (non-hydrogen) atoms. The maximum absolute atomic E-state index is 9.09. The Balaban J connectivity index is 2.70. The van der Waals surface area contributed by atoms with Crippen molar-refractivity contribution in [1.29, 1.82) is 0 Å². The average Bonchev–Trinajstić information content (AvgIpc) is 2.60. The molecule has 1 aromatic carbocycles. The minimum atomic E-state index is 0.111. The summed E-state index contributed by atoms with van der Waals surface area (Å²) in [6.45, 7) is 4.85. The minimum absolute atomic E-state index is 0.111. The number of aliphatic hydroxyl groups is 1. The van der Waals surface area contributed by atoms with E-state index >= 15 is 0 Å². The molecule has 2 aromatic rings. The van der Waals surface area contributed by atoms with Crippen molar-refractivity contribution >= 4 is 16.7 Å². The van der Waals surface area contributed by atoms with Gasteiger partial charge in [0.25, 0.3) is 0 Å². The predicted octanol–water partition coefficient (Wildman–Crippen LogP) is 1.73. The lowest BCUT2D eigenvalue weighted by Gasteiger charge is -2.09. The first kappa shape index (κ1) is 11.0. The first-order valence-corrected chi connectivity index (χ1v) is 5.50. The van der Waals surface area contributed by atoms with Crippen molar-refractivity contribution in [3.05, 3.63) is 24.0 Å². The van der Waals surface area contributed by atoms with Gasteiger partial charge in [-0.15, -0.1) is 0 Å². The van der Waals surface area contributed by atoms with Crippen molar-refractivity contribution in [1.82, 2.24) is 9.55 Å². The summed E-state index contributed by atoms with van der Waals surface area (Å²) in [4.78, 5) is 4.56. The number of benzene rings is 1. The molecule has 0 saturated carbocycles. The zero-order valence-electron chi connectivity index (χ0n) is 9.64. The van der Waals surface area contributed by atoms with Crippen LogP contribution in [0, 0.1) is 0 Å². The highest BCUT2D eigenvalue weighted by Crippen LogP contribution is 2.25. The maximum atomic E-state index is 9.09. The normalized spacial score (nSPS) is 11.5. The van der Waals surface area contributed by atoms with E-state index in [9.17, 15) is 0 Å². The summed E-state index contributed by atoms with van der Waals surface area (Å²) in [5.41, 5.74) is 8.42. The van der Waals surface area contributed by atoms with E-state index in [1.165, 1.54) is 0 Å². The van der Waals surface area contributed by atoms with Crippen molar-refractivity contribution in [2.75, 3.05) is 12.3 Å². The Labute approximate surface area is 94.7 Å². The summed E-state index contributed by atoms with van der Waals surface area (Å²) in [6.07, 6.45) is 0. The quantitative estimate of drug-likeness (QED) is 0.773. The van der Waals surface area contributed by atoms with Gasteiger partial charge in [0.15, 0.2) is 0 Å². The van der Waals surface area contributed by atoms with E-state index in [2.05, 4.69) is 18.8 Å². The number of fused-ring (bicyclic) bond motifs is 1. The molecule has 0 atom stereocenters. The summed E-state index contributed by atoms with van der Waals surface area (Å²) < 4.78 is 2.04. The van der Waals surface area contributed by atoms with Gasteiger partial charge in [-0.25, -0.2) is 4.98 Å². The van der Waals surface area contributed by atoms with Crippen LogP contribution in [0.15, 0.2) is 18.2 Å². The van der Waals surface area contributed by atoms with Crippen molar-refractivity contribution in [2.45, 2.75) is 26.3 Å². The van der Waals surface area contributed by atoms with Crippen LogP contribution >= 0.6 is 0 Å². The van der Waals surface area contributed by atoms with Crippen molar-refractivity contribution in [2.24, 2.45) is 0 Å². The molecule has 0 aliphatic heterocycles. The molecule has 3 N–H and O–H groups in total. The van der Waals surface area contributed by atoms with Crippen molar-refractivity contribution in [3.63, 3.8) is 0 Å². The molecule has 0 spiro atoms. The SMILES string of the molecule is CC(C)c1nc2c(N)cccc2n1CCO. The first-order valence-electron chi connectivity index (χ1n) is 5.50. The number of para-hydroxylation sites is 1. The maximum Gasteiger partial charge on any atom is 0.112 e. The number of nitrogens with zero attached hydrogens (tertiary/aromatic N) is 2. The molecule has 86 valence electrons. The zero-order valence-corrected chi connectivity index (χ0v) is 9.64. The second-order valence-electron chi connectivity index (χ2n) is 4.21. The summed E-state index contributed by atoms with van der Waals surface area (Å²) in [6, 6.07) is 5.75. The second kappa shape index (κ2) is 4.14. The Hall–Kier alpha value is -1.55. The fraction of sp³-hybridized carbons (Fsp3) is 0.417. The van der Waals surface area contributed by atoms with Gasteiger partial charge in [-0.1, -0.05) is 19.9 Å². The standard InChI is InChI=1S/C12H17N3O/c1-8(2)12-14-11-9(13)4-3-5-10(11)15(12)6-7-16/h3-5,8,16H,6-7,13H2,1-2H3. The number of nitrogens with two attached hydrogens (primary N) is 1. The molecule has 0 amide bonds. The van der Waals surface area contributed by atoms with E-state index in [1.54, 1.807) is 0 Å². The first-order chi connectivity index (χ1) is 7.65. The molecule has 4 heteroatoms. The Morgan fingerprint density at radius 1 is 1.44 bits per heavy atom. The molecule has 1 heterocycles. The van der Waals surface area contributed by atoms with Crippen molar-refractivity contribution < 1.29 is 5.11 Å². The van der Waals surface area contributed by atoms with Crippen LogP contribution in [0.3, 0.4) is 0 Å². The average molecular weight is 219 g/mol. The largest absolute Gasteiger partial charge is 0.397 e. The summed E-state index contributed by atoms with van der Waals surface area (Å²) >= 11 is 0. The molecule has 2 rings (SSSR count). The highest BCUT2D eigenvalue weighted by molar-refractivity contribution is 5.87. The van der Waals surface area contributed by atoms with Crippen LogP contribution in [0.2, 0.25) is 0 Å². The number of anilines is 1. The molecule has 0 aliphatic carbocycles. The molecular weight excluding hydrogens is 202 g/mol. The van der Waals surface area contributed by atoms with E-state index in [4.69, 9.17) is 10.8 Å². The molecular formula is C12H17N3O. The van der Waals surface area contributed by atoms with Crippen LogP contribution in [0.5, 0.6) is 0 Å². The van der Waals surface area contributed by atoms with Gasteiger partial charge in [-0.3, -0.25) is 0 Å². The summed E-state index contributed by atoms with van der Waals surface area (Å²) in [7, 11) is 0. The third-order valence-electron chi connectivity index (χ3n) is 2.68. The number of rotatable bonds is 3. The van der Waals surface area contributed by atoms with Crippen LogP contribution in [-0.2, 0) is 6.54 Å². The number of aliphatic hydroxyl groups excluding tert-OH is 1. The molecule has 0 bridgehead atoms. The van der Waals surface area contributed by atoms with Gasteiger partial charge in [-0.05, 0) is 12.1 Å². The van der Waals surface area contributed by atoms with Gasteiger partial charge < -0.3 is 15.4 Å². The number of hydrogen-bond acceptors (Lipinski definition) is 3. The van der Waals surface area contributed by atoms with Crippen molar-refractivity contribution in [3.8, 4) is 0 Å². The Morgan fingerprint density at radius 2 is 2.19 bits per heavy atom. The third-order valence-corrected chi connectivity index (χ3v) is 2.68. The Bertz CT molecular complexity index is 502. The molecule has 4 nitrogen and oxygen atoms in total. The highest BCUT2D eigenvalue weighted by Gasteiger charge is 2.14. The monoisotopic (exact) mass is 219 g/mol. The lowest BCUT2D eigenvalue weighted by molar-refractivity contribution is 0.275. The zero-order chi connectivity index (χ0) is 11.7. The van der Waals surface area contributed by atoms with Gasteiger partial charge in [0.2, 0.25) is 0 Å². The molecule has 0 radical (unpaired) electrons. The smallest absolute Gasteiger partial charge is 0.112 e. The topological polar surface area (TPSA) is 64.1 Å². The van der Waals surface area contributed by atoms with Crippen LogP contribution in [0.1, 0.15) is 25.6 Å². The van der Waals surface area contributed by atoms with E-state index in [0.29, 0.717) is 18.2 Å². The van der Waals surface area contributed by atoms with E-state index in [1.807, 2.05) is 22.8 Å². The molecule has 1 aromatic heterocycles. The van der Waals surface area contributed by atoms with Gasteiger partial charge in [0.05, 0.1) is 17.8 Å². The van der Waals surface area contributed by atoms with Crippen LogP contribution in [0.25, 0.3) is 11.0 Å². The number of nitrogen functional groups attached to an aromatic ring is 1. The van der Waals surface area contributed by atoms with Crippen LogP contribution in [0.4, 0.5) is 5.69 Å². The Kier molecular flexibility index (Phi) is 2.83. The lowest BCUT2D eigenvalue weighted by atomic mass is 10.2. The van der Waals surface area contributed by atoms with E-state index in [0.717, 1.165) is 16.9 Å². The molecule has 0 fully saturated rings. The van der Waals surface area contributed by atoms with Gasteiger partial charge in [0.1, 0.15) is 11.3 Å². The van der Waals surface area contributed by atoms with Gasteiger partial charge in [-0.2, -0.15) is 0 Å². The van der Waals surface area contributed by atoms with Crippen LogP contribution in [-0.4, -0.2) is 21.3 Å². The molecule has 0 unspecified atom stereocenters. The van der Waals surface area contributed by atoms with Gasteiger partial charge >= 0.3 is 0 Å². The fourth-order valence-corrected chi connectivity index (χ4v) is 1.96. The van der Waals surface area contributed by atoms with Crippen LogP contribution < -0.4 is 5.73 Å². The minimum Gasteiger partial charge on any atom is -0.397 e. The highest BCUT2D eigenvalue weighted by atomic mass is 16.3. The molecule has 0 saturated heterocycles. The van der Waals surface area contributed by atoms with E-state index < -0.39 is 0 Å². The summed E-state index contributed by atoms with van der Waals surface area (Å²) in [5.74, 6) is 1.29.